The van der Waals surface area contributed by atoms with Gasteiger partial charge in [0, 0.05) is 24.1 Å². The number of phenols is 1. The van der Waals surface area contributed by atoms with Crippen molar-refractivity contribution in [2.75, 3.05) is 13.3 Å². The molecule has 0 saturated carbocycles. The molecule has 1 atom stereocenters. The van der Waals surface area contributed by atoms with Crippen LogP contribution in [0.3, 0.4) is 0 Å². The molecule has 1 unspecified atom stereocenters. The van der Waals surface area contributed by atoms with E-state index in [2.05, 4.69) is 92.1 Å². The average molecular weight is 508 g/mol. The molecule has 0 fully saturated rings. The van der Waals surface area contributed by atoms with Gasteiger partial charge in [0.1, 0.15) is 5.75 Å². The van der Waals surface area contributed by atoms with Crippen molar-refractivity contribution in [1.29, 1.82) is 0 Å². The van der Waals surface area contributed by atoms with Crippen LogP contribution in [-0.4, -0.2) is 18.4 Å². The molecule has 29 heavy (non-hydrogen) atoms. The Kier molecular flexibility index (Phi) is 10.7. The summed E-state index contributed by atoms with van der Waals surface area (Å²) < 4.78 is 0. The zero-order valence-corrected chi connectivity index (χ0v) is 24.2. The number of halogens is 2. The Balaban J connectivity index is 0.00000132. The quantitative estimate of drug-likeness (QED) is 0.376. The maximum absolute atomic E-state index is 11.1. The molecule has 0 aliphatic rings. The Morgan fingerprint density at radius 1 is 0.966 bits per heavy atom. The van der Waals surface area contributed by atoms with Crippen LogP contribution < -0.4 is 15.9 Å². The van der Waals surface area contributed by atoms with Crippen molar-refractivity contribution >= 4 is 51.0 Å². The molecular formula is C23H35Cl2OP2Ti+. The van der Waals surface area contributed by atoms with Crippen molar-refractivity contribution in [3.63, 3.8) is 0 Å². The monoisotopic (exact) mass is 507 g/mol. The van der Waals surface area contributed by atoms with E-state index in [1.54, 1.807) is 0 Å². The Labute approximate surface area is 197 Å². The summed E-state index contributed by atoms with van der Waals surface area (Å²) in [5, 5.41) is 15.1. The molecule has 0 aliphatic carbocycles. The summed E-state index contributed by atoms with van der Waals surface area (Å²) in [7, 11) is 9.72. The van der Waals surface area contributed by atoms with Crippen LogP contribution in [0.25, 0.3) is 0 Å². The van der Waals surface area contributed by atoms with Crippen LogP contribution >= 0.6 is 35.1 Å². The molecular weight excluding hydrogens is 473 g/mol. The molecule has 160 valence electrons. The molecule has 0 saturated heterocycles. The van der Waals surface area contributed by atoms with Gasteiger partial charge in [-0.2, -0.15) is 0 Å². The zero-order valence-electron chi connectivity index (χ0n) is 19.1. The Morgan fingerprint density at radius 2 is 1.52 bits per heavy atom. The van der Waals surface area contributed by atoms with Gasteiger partial charge in [-0.25, -0.2) is 0 Å². The van der Waals surface area contributed by atoms with Crippen LogP contribution in [0.4, 0.5) is 0 Å². The molecule has 0 radical (unpaired) electrons. The molecule has 1 N–H and O–H groups in total. The third-order valence-electron chi connectivity index (χ3n) is 4.86. The minimum absolute atomic E-state index is 0.0615. The van der Waals surface area contributed by atoms with E-state index < -0.39 is 25.0 Å². The summed E-state index contributed by atoms with van der Waals surface area (Å²) in [5.41, 5.74) is 3.68. The second-order valence-electron chi connectivity index (χ2n) is 9.61. The average Bonchev–Trinajstić information content (AvgIpc) is 2.56. The first kappa shape index (κ1) is 27.4. The zero-order chi connectivity index (χ0) is 22.6. The summed E-state index contributed by atoms with van der Waals surface area (Å²) in [5.74, 6) is 0.485. The summed E-state index contributed by atoms with van der Waals surface area (Å²) in [6.45, 7) is 20.2. The molecule has 6 heteroatoms. The summed E-state index contributed by atoms with van der Waals surface area (Å²) in [6.07, 6.45) is 0. The van der Waals surface area contributed by atoms with Crippen LogP contribution in [0, 0.1) is 6.92 Å². The van der Waals surface area contributed by atoms with Gasteiger partial charge in [-0.15, -0.1) is 0 Å². The van der Waals surface area contributed by atoms with Gasteiger partial charge in [-0.3, -0.25) is 0 Å². The number of aromatic hydroxyl groups is 1. The molecule has 2 aromatic carbocycles. The first-order valence-corrected chi connectivity index (χ1v) is 17.5. The fourth-order valence-electron chi connectivity index (χ4n) is 3.12. The van der Waals surface area contributed by atoms with Gasteiger partial charge in [0.2, 0.25) is 0 Å². The SMILES string of the molecule is Cc1cccc([PH+](C)C)c1Pc1cc(C(C)(C)C)cc(C(C)(C)C)c1O.[Cl][Ti][Cl]. The molecule has 2 aromatic rings. The molecule has 2 rings (SSSR count). The van der Waals surface area contributed by atoms with Crippen molar-refractivity contribution in [2.24, 2.45) is 0 Å². The molecule has 0 amide bonds. The predicted octanol–water partition coefficient (Wildman–Crippen LogP) is 6.40. The molecule has 0 bridgehead atoms. The number of hydrogen-bond donors (Lipinski definition) is 1. The summed E-state index contributed by atoms with van der Waals surface area (Å²) >= 11 is -0.556. The molecule has 0 aliphatic heterocycles. The summed E-state index contributed by atoms with van der Waals surface area (Å²) in [6, 6.07) is 11.1. The van der Waals surface area contributed by atoms with Crippen molar-refractivity contribution in [2.45, 2.75) is 59.3 Å². The van der Waals surface area contributed by atoms with Gasteiger partial charge in [0.25, 0.3) is 0 Å². The van der Waals surface area contributed by atoms with Gasteiger partial charge in [-0.1, -0.05) is 68.3 Å². The normalized spacial score (nSPS) is 12.3. The third-order valence-corrected chi connectivity index (χ3v) is 8.16. The first-order chi connectivity index (χ1) is 13.2. The Hall–Kier alpha value is 0.394. The van der Waals surface area contributed by atoms with Crippen molar-refractivity contribution in [1.82, 2.24) is 0 Å². The van der Waals surface area contributed by atoms with Crippen molar-refractivity contribution in [3.05, 3.63) is 47.0 Å². The van der Waals surface area contributed by atoms with Crippen LogP contribution in [0.1, 0.15) is 58.2 Å². The Morgan fingerprint density at radius 3 is 1.97 bits per heavy atom. The van der Waals surface area contributed by atoms with Crippen LogP contribution in [0.2, 0.25) is 0 Å². The molecule has 0 aromatic heterocycles. The maximum atomic E-state index is 11.1. The van der Waals surface area contributed by atoms with E-state index >= 15 is 0 Å². The first-order valence-electron chi connectivity index (χ1n) is 9.75. The van der Waals surface area contributed by atoms with E-state index in [-0.39, 0.29) is 10.8 Å². The van der Waals surface area contributed by atoms with Gasteiger partial charge >= 0.3 is 35.6 Å². The Bertz CT molecular complexity index is 825. The van der Waals surface area contributed by atoms with Crippen molar-refractivity contribution < 1.29 is 22.1 Å². The molecule has 1 nitrogen and oxygen atoms in total. The number of benzene rings is 2. The van der Waals surface area contributed by atoms with Gasteiger partial charge in [0.05, 0.1) is 18.6 Å². The van der Waals surface area contributed by atoms with E-state index in [0.29, 0.717) is 14.3 Å². The number of phenolic OH excluding ortho intramolecular Hbond substituents is 1. The predicted molar refractivity (Wildman–Crippen MR) is 136 cm³/mol. The second kappa shape index (κ2) is 11.3. The van der Waals surface area contributed by atoms with Crippen LogP contribution in [0.5, 0.6) is 5.75 Å². The molecule has 0 spiro atoms. The van der Waals surface area contributed by atoms with Crippen LogP contribution in [0.15, 0.2) is 30.3 Å². The second-order valence-corrected chi connectivity index (χ2v) is 16.0. The van der Waals surface area contributed by atoms with E-state index in [0.717, 1.165) is 10.9 Å². The summed E-state index contributed by atoms with van der Waals surface area (Å²) in [4.78, 5) is 0. The van der Waals surface area contributed by atoms with E-state index in [4.69, 9.17) is 18.6 Å². The van der Waals surface area contributed by atoms with Gasteiger partial charge < -0.3 is 5.11 Å². The van der Waals surface area contributed by atoms with Crippen LogP contribution in [-0.2, 0) is 27.9 Å². The number of aryl methyl sites for hydroxylation is 1. The van der Waals surface area contributed by atoms with E-state index in [1.807, 2.05) is 0 Å². The fraction of sp³-hybridized carbons (Fsp3) is 0.478. The number of hydrogen-bond acceptors (Lipinski definition) is 1. The number of rotatable bonds is 3. The van der Waals surface area contributed by atoms with E-state index in [1.165, 1.54) is 21.7 Å². The topological polar surface area (TPSA) is 20.2 Å². The standard InChI is InChI=1S/C23H34OP2.2ClH.Ti/c1-15-11-10-12-19(26(8)9)21(15)25-18-14-16(22(2,3)4)13-17(20(18)24)23(5,6)7;;;/h10-14,24-25H,1-9H3;2*1H;/q;;;+2/p-1. The van der Waals surface area contributed by atoms with E-state index in [9.17, 15) is 5.11 Å². The molecule has 0 heterocycles. The van der Waals surface area contributed by atoms with Crippen molar-refractivity contribution in [3.8, 4) is 5.75 Å². The fourth-order valence-corrected chi connectivity index (χ4v) is 6.43. The minimum atomic E-state index is -0.556. The third kappa shape index (κ3) is 7.79. The van der Waals surface area contributed by atoms with Gasteiger partial charge in [0.15, 0.2) is 0 Å². The van der Waals surface area contributed by atoms with Gasteiger partial charge in [-0.05, 0) is 41.0 Å².